The van der Waals surface area contributed by atoms with Crippen LogP contribution in [-0.2, 0) is 0 Å². The summed E-state index contributed by atoms with van der Waals surface area (Å²) in [7, 11) is 0. The molecular formula is C15H18BrClN2S. The van der Waals surface area contributed by atoms with Gasteiger partial charge in [-0.05, 0) is 45.4 Å². The maximum Gasteiger partial charge on any atom is 0.115 e. The van der Waals surface area contributed by atoms with Gasteiger partial charge in [0, 0.05) is 20.4 Å². The van der Waals surface area contributed by atoms with E-state index < -0.39 is 0 Å². The van der Waals surface area contributed by atoms with Gasteiger partial charge >= 0.3 is 0 Å². The van der Waals surface area contributed by atoms with Crippen LogP contribution in [0.4, 0.5) is 0 Å². The predicted molar refractivity (Wildman–Crippen MR) is 90.9 cm³/mol. The minimum Gasteiger partial charge on any atom is -0.302 e. The third kappa shape index (κ3) is 3.61. The van der Waals surface area contributed by atoms with E-state index in [9.17, 15) is 0 Å². The fraction of sp³-hybridized carbons (Fsp3) is 0.400. The molecule has 2 nitrogen and oxygen atoms in total. The highest BCUT2D eigenvalue weighted by Crippen LogP contribution is 2.33. The summed E-state index contributed by atoms with van der Waals surface area (Å²) >= 11 is 11.6. The zero-order valence-electron chi connectivity index (χ0n) is 12.0. The molecule has 0 radical (unpaired) electrons. The Morgan fingerprint density at radius 1 is 1.30 bits per heavy atom. The number of benzene rings is 1. The highest BCUT2D eigenvalue weighted by atomic mass is 79.9. The van der Waals surface area contributed by atoms with Crippen LogP contribution in [0, 0.1) is 13.8 Å². The lowest BCUT2D eigenvalue weighted by Gasteiger charge is -2.21. The molecule has 1 aromatic carbocycles. The molecule has 0 fully saturated rings. The van der Waals surface area contributed by atoms with Crippen LogP contribution in [0.15, 0.2) is 22.7 Å². The van der Waals surface area contributed by atoms with Crippen LogP contribution in [-0.4, -0.2) is 11.0 Å². The number of nitrogens with zero attached hydrogens (tertiary/aromatic N) is 1. The van der Waals surface area contributed by atoms with E-state index in [1.165, 1.54) is 4.88 Å². The summed E-state index contributed by atoms with van der Waals surface area (Å²) in [6, 6.07) is 6.39. The Labute approximate surface area is 137 Å². The second kappa shape index (κ2) is 6.56. The van der Waals surface area contributed by atoms with Crippen molar-refractivity contribution in [2.24, 2.45) is 0 Å². The zero-order chi connectivity index (χ0) is 14.9. The van der Waals surface area contributed by atoms with Gasteiger partial charge in [0.05, 0.1) is 11.7 Å². The standard InChI is InChI=1S/C15H18BrClN2S/c1-8(2)18-14(15-19-9(3)10(4)20-15)12-6-5-11(16)7-13(12)17/h5-8,14,18H,1-4H3. The van der Waals surface area contributed by atoms with Crippen LogP contribution in [0.1, 0.15) is 41.0 Å². The molecule has 0 aliphatic carbocycles. The SMILES string of the molecule is Cc1nc(C(NC(C)C)c2ccc(Br)cc2Cl)sc1C. The summed E-state index contributed by atoms with van der Waals surface area (Å²) < 4.78 is 0.987. The summed E-state index contributed by atoms with van der Waals surface area (Å²) in [5.74, 6) is 0. The third-order valence-electron chi connectivity index (χ3n) is 3.07. The van der Waals surface area contributed by atoms with E-state index in [-0.39, 0.29) is 6.04 Å². The minimum atomic E-state index is 0.0352. The first-order valence-electron chi connectivity index (χ1n) is 6.53. The number of thiazole rings is 1. The van der Waals surface area contributed by atoms with Crippen LogP contribution in [0.5, 0.6) is 0 Å². The molecule has 0 saturated heterocycles. The van der Waals surface area contributed by atoms with Crippen molar-refractivity contribution >= 4 is 38.9 Å². The molecule has 2 rings (SSSR count). The van der Waals surface area contributed by atoms with Crippen molar-refractivity contribution in [3.05, 3.63) is 48.8 Å². The van der Waals surface area contributed by atoms with E-state index in [2.05, 4.69) is 53.1 Å². The van der Waals surface area contributed by atoms with Crippen molar-refractivity contribution in [2.75, 3.05) is 0 Å². The summed E-state index contributed by atoms with van der Waals surface area (Å²) in [5, 5.41) is 5.38. The topological polar surface area (TPSA) is 24.9 Å². The van der Waals surface area contributed by atoms with Crippen LogP contribution >= 0.6 is 38.9 Å². The lowest BCUT2D eigenvalue weighted by atomic mass is 10.1. The van der Waals surface area contributed by atoms with Crippen LogP contribution in [0.3, 0.4) is 0 Å². The summed E-state index contributed by atoms with van der Waals surface area (Å²) in [4.78, 5) is 5.94. The second-order valence-electron chi connectivity index (χ2n) is 5.11. The number of halogens is 2. The molecule has 1 atom stereocenters. The Morgan fingerprint density at radius 2 is 2.00 bits per heavy atom. The monoisotopic (exact) mass is 372 g/mol. The molecule has 5 heteroatoms. The van der Waals surface area contributed by atoms with Crippen molar-refractivity contribution in [1.29, 1.82) is 0 Å². The van der Waals surface area contributed by atoms with Gasteiger partial charge in [0.2, 0.25) is 0 Å². The zero-order valence-corrected chi connectivity index (χ0v) is 15.2. The molecule has 0 amide bonds. The first-order valence-corrected chi connectivity index (χ1v) is 8.52. The molecular weight excluding hydrogens is 356 g/mol. The molecule has 1 heterocycles. The average molecular weight is 374 g/mol. The first kappa shape index (κ1) is 16.0. The smallest absolute Gasteiger partial charge is 0.115 e. The molecule has 0 bridgehead atoms. The first-order chi connectivity index (χ1) is 9.38. The van der Waals surface area contributed by atoms with E-state index in [0.29, 0.717) is 6.04 Å². The van der Waals surface area contributed by atoms with Gasteiger partial charge in [-0.25, -0.2) is 4.98 Å². The van der Waals surface area contributed by atoms with Gasteiger partial charge < -0.3 is 5.32 Å². The number of nitrogens with one attached hydrogen (secondary N) is 1. The van der Waals surface area contributed by atoms with Gasteiger partial charge in [-0.15, -0.1) is 11.3 Å². The van der Waals surface area contributed by atoms with Crippen LogP contribution in [0.2, 0.25) is 5.02 Å². The highest BCUT2D eigenvalue weighted by Gasteiger charge is 2.21. The molecule has 1 N–H and O–H groups in total. The number of aryl methyl sites for hydroxylation is 2. The number of hydrogen-bond acceptors (Lipinski definition) is 3. The van der Waals surface area contributed by atoms with Gasteiger partial charge in [0.25, 0.3) is 0 Å². The van der Waals surface area contributed by atoms with Gasteiger partial charge in [0.1, 0.15) is 5.01 Å². The average Bonchev–Trinajstić information content (AvgIpc) is 2.67. The molecule has 0 aliphatic rings. The van der Waals surface area contributed by atoms with E-state index >= 15 is 0 Å². The van der Waals surface area contributed by atoms with Crippen molar-refractivity contribution in [3.8, 4) is 0 Å². The normalized spacial score (nSPS) is 12.9. The van der Waals surface area contributed by atoms with Crippen molar-refractivity contribution in [1.82, 2.24) is 10.3 Å². The summed E-state index contributed by atoms with van der Waals surface area (Å²) in [5.41, 5.74) is 2.16. The van der Waals surface area contributed by atoms with Crippen LogP contribution < -0.4 is 5.32 Å². The van der Waals surface area contributed by atoms with Gasteiger partial charge in [-0.2, -0.15) is 0 Å². The Hall–Kier alpha value is -0.420. The second-order valence-corrected chi connectivity index (χ2v) is 7.67. The molecule has 2 aromatic rings. The van der Waals surface area contributed by atoms with E-state index in [0.717, 1.165) is 25.8 Å². The molecule has 0 saturated carbocycles. The number of hydrogen-bond donors (Lipinski definition) is 1. The van der Waals surface area contributed by atoms with Gasteiger partial charge in [0.15, 0.2) is 0 Å². The molecule has 1 aromatic heterocycles. The Balaban J connectivity index is 2.46. The lowest BCUT2D eigenvalue weighted by Crippen LogP contribution is -2.29. The number of aromatic nitrogens is 1. The fourth-order valence-corrected chi connectivity index (χ4v) is 3.77. The van der Waals surface area contributed by atoms with Crippen molar-refractivity contribution in [3.63, 3.8) is 0 Å². The Bertz CT molecular complexity index is 590. The quantitative estimate of drug-likeness (QED) is 0.790. The molecule has 1 unspecified atom stereocenters. The van der Waals surface area contributed by atoms with Gasteiger partial charge in [-0.3, -0.25) is 0 Å². The van der Waals surface area contributed by atoms with E-state index in [4.69, 9.17) is 11.6 Å². The number of rotatable bonds is 4. The van der Waals surface area contributed by atoms with Crippen molar-refractivity contribution < 1.29 is 0 Å². The third-order valence-corrected chi connectivity index (χ3v) is 5.02. The maximum atomic E-state index is 6.41. The van der Waals surface area contributed by atoms with Crippen LogP contribution in [0.25, 0.3) is 0 Å². The summed E-state index contributed by atoms with van der Waals surface area (Å²) in [6.45, 7) is 8.41. The van der Waals surface area contributed by atoms with E-state index in [1.807, 2.05) is 19.1 Å². The molecule has 20 heavy (non-hydrogen) atoms. The summed E-state index contributed by atoms with van der Waals surface area (Å²) in [6.07, 6.45) is 0. The fourth-order valence-electron chi connectivity index (χ4n) is 1.98. The predicted octanol–water partition coefficient (Wildman–Crippen LogP) is 5.26. The molecule has 108 valence electrons. The van der Waals surface area contributed by atoms with E-state index in [1.54, 1.807) is 11.3 Å². The minimum absolute atomic E-state index is 0.0352. The molecule has 0 aliphatic heterocycles. The van der Waals surface area contributed by atoms with Gasteiger partial charge in [-0.1, -0.05) is 33.6 Å². The maximum absolute atomic E-state index is 6.41. The largest absolute Gasteiger partial charge is 0.302 e. The van der Waals surface area contributed by atoms with Crippen molar-refractivity contribution in [2.45, 2.75) is 39.8 Å². The lowest BCUT2D eigenvalue weighted by molar-refractivity contribution is 0.526. The molecule has 0 spiro atoms. The highest BCUT2D eigenvalue weighted by molar-refractivity contribution is 9.10. The Kier molecular flexibility index (Phi) is 5.24. The Morgan fingerprint density at radius 3 is 2.50 bits per heavy atom.